The molecule has 0 rings (SSSR count). The van der Waals surface area contributed by atoms with Crippen molar-refractivity contribution in [3.63, 3.8) is 0 Å². The molecule has 0 aromatic carbocycles. The Hall–Kier alpha value is -0.770. The number of carboxylic acid groups (broad SMARTS) is 1. The minimum absolute atomic E-state index is 0.138. The van der Waals surface area contributed by atoms with E-state index in [4.69, 9.17) is 10.8 Å². The molecule has 4 heteroatoms. The fraction of sp³-hybridized carbons (Fsp3) is 0.800. The Morgan fingerprint density at radius 3 is 2.22 bits per heavy atom. The molecule has 4 N–H and O–H groups in total. The summed E-state index contributed by atoms with van der Waals surface area (Å²) in [4.78, 5) is 9.95. The number of hydrogen-bond donors (Lipinski definition) is 3. The lowest BCUT2D eigenvalue weighted by Gasteiger charge is -2.14. The SMILES string of the molecule is CC(N)[C@@H](C)NC(=O)O. The summed E-state index contributed by atoms with van der Waals surface area (Å²) in [7, 11) is 0. The van der Waals surface area contributed by atoms with Crippen LogP contribution < -0.4 is 11.1 Å². The predicted octanol–water partition coefficient (Wildman–Crippen LogP) is -0.0103. The first-order valence-corrected chi connectivity index (χ1v) is 2.79. The third-order valence-corrected chi connectivity index (χ3v) is 1.14. The van der Waals surface area contributed by atoms with E-state index in [0.717, 1.165) is 0 Å². The first kappa shape index (κ1) is 8.23. The van der Waals surface area contributed by atoms with Gasteiger partial charge in [-0.25, -0.2) is 4.79 Å². The molecule has 0 spiro atoms. The molecule has 0 saturated carbocycles. The molecule has 0 aromatic rings. The van der Waals surface area contributed by atoms with Crippen LogP contribution in [-0.4, -0.2) is 23.3 Å². The second-order valence-corrected chi connectivity index (χ2v) is 2.10. The van der Waals surface area contributed by atoms with Crippen LogP contribution in [0, 0.1) is 0 Å². The van der Waals surface area contributed by atoms with Gasteiger partial charge in [0, 0.05) is 12.1 Å². The number of nitrogens with one attached hydrogen (secondary N) is 1. The molecule has 0 radical (unpaired) electrons. The number of hydrogen-bond acceptors (Lipinski definition) is 2. The molecular weight excluding hydrogens is 120 g/mol. The first-order valence-electron chi connectivity index (χ1n) is 2.79. The average Bonchev–Trinajstić information content (AvgIpc) is 1.63. The highest BCUT2D eigenvalue weighted by Gasteiger charge is 2.08. The highest BCUT2D eigenvalue weighted by Crippen LogP contribution is 1.85. The molecule has 0 fully saturated rings. The molecule has 0 saturated heterocycles. The van der Waals surface area contributed by atoms with Crippen molar-refractivity contribution < 1.29 is 9.90 Å². The second kappa shape index (κ2) is 3.29. The van der Waals surface area contributed by atoms with Gasteiger partial charge in [-0.15, -0.1) is 0 Å². The number of nitrogens with two attached hydrogens (primary N) is 1. The van der Waals surface area contributed by atoms with E-state index in [1.54, 1.807) is 13.8 Å². The molecule has 0 bridgehead atoms. The molecule has 0 aliphatic carbocycles. The number of amides is 1. The van der Waals surface area contributed by atoms with Crippen LogP contribution >= 0.6 is 0 Å². The maximum absolute atomic E-state index is 9.95. The molecule has 0 heterocycles. The summed E-state index contributed by atoms with van der Waals surface area (Å²) in [6, 6.07) is -0.316. The standard InChI is InChI=1S/C5H12N2O2/c1-3(6)4(2)7-5(8)9/h3-4,7H,6H2,1-2H3,(H,8,9)/t3?,4-/m1/s1. The zero-order valence-corrected chi connectivity index (χ0v) is 5.59. The number of carbonyl (C=O) groups is 1. The van der Waals surface area contributed by atoms with Gasteiger partial charge in [0.15, 0.2) is 0 Å². The van der Waals surface area contributed by atoms with Crippen molar-refractivity contribution in [3.8, 4) is 0 Å². The molecule has 4 nitrogen and oxygen atoms in total. The van der Waals surface area contributed by atoms with E-state index in [-0.39, 0.29) is 12.1 Å². The number of rotatable bonds is 2. The molecule has 2 atom stereocenters. The van der Waals surface area contributed by atoms with Crippen LogP contribution in [0.15, 0.2) is 0 Å². The van der Waals surface area contributed by atoms with Gasteiger partial charge in [-0.3, -0.25) is 0 Å². The highest BCUT2D eigenvalue weighted by atomic mass is 16.4. The lowest BCUT2D eigenvalue weighted by molar-refractivity contribution is 0.189. The van der Waals surface area contributed by atoms with Gasteiger partial charge in [0.05, 0.1) is 0 Å². The van der Waals surface area contributed by atoms with Gasteiger partial charge < -0.3 is 16.2 Å². The Morgan fingerprint density at radius 1 is 1.67 bits per heavy atom. The summed E-state index contributed by atoms with van der Waals surface area (Å²) < 4.78 is 0. The van der Waals surface area contributed by atoms with Crippen LogP contribution in [-0.2, 0) is 0 Å². The van der Waals surface area contributed by atoms with E-state index in [9.17, 15) is 4.79 Å². The molecule has 0 aliphatic rings. The minimum Gasteiger partial charge on any atom is -0.465 e. The second-order valence-electron chi connectivity index (χ2n) is 2.10. The van der Waals surface area contributed by atoms with Crippen LogP contribution in [0.5, 0.6) is 0 Å². The lowest BCUT2D eigenvalue weighted by atomic mass is 10.2. The average molecular weight is 132 g/mol. The molecule has 1 unspecified atom stereocenters. The van der Waals surface area contributed by atoms with E-state index in [0.29, 0.717) is 0 Å². The minimum atomic E-state index is -1.03. The largest absolute Gasteiger partial charge is 0.465 e. The molecule has 1 amide bonds. The van der Waals surface area contributed by atoms with E-state index < -0.39 is 6.09 Å². The molecule has 0 aromatic heterocycles. The summed E-state index contributed by atoms with van der Waals surface area (Å²) in [5.41, 5.74) is 5.36. The van der Waals surface area contributed by atoms with Gasteiger partial charge in [-0.05, 0) is 13.8 Å². The van der Waals surface area contributed by atoms with Crippen molar-refractivity contribution in [1.29, 1.82) is 0 Å². The topological polar surface area (TPSA) is 75.3 Å². The van der Waals surface area contributed by atoms with Crippen molar-refractivity contribution in [2.24, 2.45) is 5.73 Å². The molecule has 0 aliphatic heterocycles. The molecular formula is C5H12N2O2. The normalized spacial score (nSPS) is 16.3. The maximum atomic E-state index is 9.95. The Balaban J connectivity index is 3.50. The summed E-state index contributed by atoms with van der Waals surface area (Å²) in [5.74, 6) is 0. The third-order valence-electron chi connectivity index (χ3n) is 1.14. The van der Waals surface area contributed by atoms with Gasteiger partial charge in [-0.2, -0.15) is 0 Å². The molecule has 54 valence electrons. The van der Waals surface area contributed by atoms with Crippen molar-refractivity contribution in [2.75, 3.05) is 0 Å². The smallest absolute Gasteiger partial charge is 0.404 e. The Labute approximate surface area is 54.0 Å². The van der Waals surface area contributed by atoms with E-state index in [1.807, 2.05) is 0 Å². The van der Waals surface area contributed by atoms with Crippen molar-refractivity contribution in [3.05, 3.63) is 0 Å². The van der Waals surface area contributed by atoms with Crippen LogP contribution in [0.2, 0.25) is 0 Å². The van der Waals surface area contributed by atoms with Gasteiger partial charge in [0.1, 0.15) is 0 Å². The summed E-state index contributed by atoms with van der Waals surface area (Å²) >= 11 is 0. The monoisotopic (exact) mass is 132 g/mol. The van der Waals surface area contributed by atoms with Crippen molar-refractivity contribution in [1.82, 2.24) is 5.32 Å². The van der Waals surface area contributed by atoms with Crippen molar-refractivity contribution >= 4 is 6.09 Å². The fourth-order valence-electron chi connectivity index (χ4n) is 0.326. The molecule has 9 heavy (non-hydrogen) atoms. The first-order chi connectivity index (χ1) is 4.04. The quantitative estimate of drug-likeness (QED) is 0.494. The van der Waals surface area contributed by atoms with Crippen LogP contribution in [0.3, 0.4) is 0 Å². The van der Waals surface area contributed by atoms with E-state index in [2.05, 4.69) is 5.32 Å². The van der Waals surface area contributed by atoms with E-state index >= 15 is 0 Å². The van der Waals surface area contributed by atoms with E-state index in [1.165, 1.54) is 0 Å². The summed E-state index contributed by atoms with van der Waals surface area (Å²) in [5, 5.41) is 10.4. The van der Waals surface area contributed by atoms with Gasteiger partial charge >= 0.3 is 6.09 Å². The van der Waals surface area contributed by atoms with Gasteiger partial charge in [-0.1, -0.05) is 0 Å². The van der Waals surface area contributed by atoms with Crippen molar-refractivity contribution in [2.45, 2.75) is 25.9 Å². The Morgan fingerprint density at radius 2 is 2.11 bits per heavy atom. The third kappa shape index (κ3) is 3.78. The Kier molecular flexibility index (Phi) is 3.01. The maximum Gasteiger partial charge on any atom is 0.404 e. The zero-order valence-electron chi connectivity index (χ0n) is 5.59. The van der Waals surface area contributed by atoms with Crippen LogP contribution in [0.4, 0.5) is 4.79 Å². The fourth-order valence-corrected chi connectivity index (χ4v) is 0.326. The van der Waals surface area contributed by atoms with Gasteiger partial charge in [0.2, 0.25) is 0 Å². The van der Waals surface area contributed by atoms with Gasteiger partial charge in [0.25, 0.3) is 0 Å². The van der Waals surface area contributed by atoms with Crippen LogP contribution in [0.1, 0.15) is 13.8 Å². The Bertz CT molecular complexity index is 103. The predicted molar refractivity (Wildman–Crippen MR) is 34.3 cm³/mol. The zero-order chi connectivity index (χ0) is 7.44. The van der Waals surface area contributed by atoms with Crippen LogP contribution in [0.25, 0.3) is 0 Å². The highest BCUT2D eigenvalue weighted by molar-refractivity contribution is 5.64. The summed E-state index contributed by atoms with van der Waals surface area (Å²) in [6.45, 7) is 3.47. The summed E-state index contributed by atoms with van der Waals surface area (Å²) in [6.07, 6.45) is -1.03. The lowest BCUT2D eigenvalue weighted by Crippen LogP contribution is -2.43.